The summed E-state index contributed by atoms with van der Waals surface area (Å²) in [5, 5.41) is 4.89. The fourth-order valence-corrected chi connectivity index (χ4v) is 3.53. The van der Waals surface area contributed by atoms with E-state index in [1.165, 1.54) is 33.3 Å². The first-order valence-electron chi connectivity index (χ1n) is 8.22. The molecule has 0 radical (unpaired) electrons. The number of aromatic nitrogens is 1. The fraction of sp³-hybridized carbons (Fsp3) is 0.300. The Morgan fingerprint density at radius 2 is 2.04 bits per heavy atom. The van der Waals surface area contributed by atoms with E-state index in [2.05, 4.69) is 60.5 Å². The minimum atomic E-state index is 0.444. The molecule has 2 heterocycles. The molecule has 4 rings (SSSR count). The summed E-state index contributed by atoms with van der Waals surface area (Å²) in [5.74, 6) is 1.48. The topological polar surface area (TPSA) is 37.0 Å². The number of hydrogen-bond donors (Lipinski definition) is 2. The molecular weight excluding hydrogens is 284 g/mol. The Bertz CT molecular complexity index is 850. The van der Waals surface area contributed by atoms with E-state index < -0.39 is 0 Å². The largest absolute Gasteiger partial charge is 0.493 e. The first-order chi connectivity index (χ1) is 11.2. The van der Waals surface area contributed by atoms with Crippen molar-refractivity contribution in [1.82, 2.24) is 10.3 Å². The molecule has 1 aliphatic rings. The van der Waals surface area contributed by atoms with E-state index in [4.69, 9.17) is 4.74 Å². The number of hydrogen-bond acceptors (Lipinski definition) is 2. The van der Waals surface area contributed by atoms with Crippen LogP contribution in [-0.2, 0) is 6.54 Å². The van der Waals surface area contributed by atoms with E-state index in [0.29, 0.717) is 5.92 Å². The molecular formula is C20H22N2O. The Kier molecular flexibility index (Phi) is 3.58. The van der Waals surface area contributed by atoms with Crippen LogP contribution in [0.1, 0.15) is 28.3 Å². The summed E-state index contributed by atoms with van der Waals surface area (Å²) in [7, 11) is 0. The van der Waals surface area contributed by atoms with Gasteiger partial charge in [0.25, 0.3) is 0 Å². The second-order valence-electron chi connectivity index (χ2n) is 6.51. The summed E-state index contributed by atoms with van der Waals surface area (Å²) in [6.45, 7) is 6.88. The normalized spacial score (nSPS) is 16.5. The third kappa shape index (κ3) is 2.73. The minimum absolute atomic E-state index is 0.444. The molecule has 0 fully saturated rings. The van der Waals surface area contributed by atoms with Gasteiger partial charge in [0.15, 0.2) is 0 Å². The summed E-state index contributed by atoms with van der Waals surface area (Å²) in [6, 6.07) is 15.1. The van der Waals surface area contributed by atoms with Gasteiger partial charge in [-0.2, -0.15) is 0 Å². The molecule has 0 amide bonds. The van der Waals surface area contributed by atoms with Gasteiger partial charge in [-0.15, -0.1) is 0 Å². The van der Waals surface area contributed by atoms with Crippen LogP contribution >= 0.6 is 0 Å². The highest BCUT2D eigenvalue weighted by molar-refractivity contribution is 5.84. The van der Waals surface area contributed by atoms with Crippen LogP contribution in [0.15, 0.2) is 42.5 Å². The molecule has 2 N–H and O–H groups in total. The third-order valence-corrected chi connectivity index (χ3v) is 4.65. The zero-order valence-electron chi connectivity index (χ0n) is 13.6. The molecule has 2 aromatic carbocycles. The van der Waals surface area contributed by atoms with Crippen LogP contribution in [-0.4, -0.2) is 18.1 Å². The molecule has 0 aliphatic carbocycles. The van der Waals surface area contributed by atoms with E-state index in [1.54, 1.807) is 0 Å². The Labute approximate surface area is 136 Å². The van der Waals surface area contributed by atoms with Gasteiger partial charge < -0.3 is 15.0 Å². The van der Waals surface area contributed by atoms with Crippen LogP contribution in [0.5, 0.6) is 5.75 Å². The fourth-order valence-electron chi connectivity index (χ4n) is 3.53. The van der Waals surface area contributed by atoms with Crippen molar-refractivity contribution >= 4 is 10.9 Å². The van der Waals surface area contributed by atoms with Crippen LogP contribution < -0.4 is 10.1 Å². The van der Waals surface area contributed by atoms with Crippen molar-refractivity contribution in [2.24, 2.45) is 0 Å². The molecule has 0 spiro atoms. The predicted octanol–water partition coefficient (Wildman–Crippen LogP) is 4.05. The summed E-state index contributed by atoms with van der Waals surface area (Å²) < 4.78 is 5.74. The maximum Gasteiger partial charge on any atom is 0.122 e. The monoisotopic (exact) mass is 306 g/mol. The molecule has 1 atom stereocenters. The van der Waals surface area contributed by atoms with Gasteiger partial charge in [-0.3, -0.25) is 0 Å². The van der Waals surface area contributed by atoms with Gasteiger partial charge in [0.05, 0.1) is 6.61 Å². The summed E-state index contributed by atoms with van der Waals surface area (Å²) in [4.78, 5) is 3.53. The highest BCUT2D eigenvalue weighted by Gasteiger charge is 2.22. The van der Waals surface area contributed by atoms with Crippen LogP contribution in [0, 0.1) is 13.8 Å². The standard InChI is InChI=1S/C20H22N2O/c1-13-7-14(2)18-9-16(22-19(18)8-13)11-21-10-15-12-23-20-6-4-3-5-17(15)20/h3-9,15,21-22H,10-12H2,1-2H3. The molecule has 3 heteroatoms. The van der Waals surface area contributed by atoms with Crippen molar-refractivity contribution in [2.45, 2.75) is 26.3 Å². The molecule has 0 bridgehead atoms. The summed E-state index contributed by atoms with van der Waals surface area (Å²) in [5.41, 5.74) is 6.43. The quantitative estimate of drug-likeness (QED) is 0.763. The molecule has 23 heavy (non-hydrogen) atoms. The van der Waals surface area contributed by atoms with Crippen molar-refractivity contribution in [3.05, 3.63) is 64.8 Å². The van der Waals surface area contributed by atoms with Gasteiger partial charge in [0.1, 0.15) is 5.75 Å². The number of aromatic amines is 1. The second kappa shape index (κ2) is 5.74. The van der Waals surface area contributed by atoms with Crippen molar-refractivity contribution < 1.29 is 4.74 Å². The van der Waals surface area contributed by atoms with Gasteiger partial charge in [-0.1, -0.05) is 24.3 Å². The number of nitrogens with one attached hydrogen (secondary N) is 2. The molecule has 3 nitrogen and oxygen atoms in total. The Balaban J connectivity index is 1.43. The number of benzene rings is 2. The van der Waals surface area contributed by atoms with Crippen molar-refractivity contribution in [1.29, 1.82) is 0 Å². The second-order valence-corrected chi connectivity index (χ2v) is 6.51. The van der Waals surface area contributed by atoms with E-state index in [1.807, 2.05) is 6.07 Å². The lowest BCUT2D eigenvalue weighted by Gasteiger charge is -2.09. The lowest BCUT2D eigenvalue weighted by molar-refractivity contribution is 0.326. The molecule has 0 saturated heterocycles. The van der Waals surface area contributed by atoms with E-state index in [0.717, 1.165) is 25.4 Å². The van der Waals surface area contributed by atoms with Crippen LogP contribution in [0.4, 0.5) is 0 Å². The van der Waals surface area contributed by atoms with Gasteiger partial charge in [0.2, 0.25) is 0 Å². The van der Waals surface area contributed by atoms with Gasteiger partial charge >= 0.3 is 0 Å². The molecule has 1 unspecified atom stereocenters. The zero-order valence-corrected chi connectivity index (χ0v) is 13.6. The first-order valence-corrected chi connectivity index (χ1v) is 8.22. The highest BCUT2D eigenvalue weighted by atomic mass is 16.5. The maximum absolute atomic E-state index is 5.74. The van der Waals surface area contributed by atoms with Crippen molar-refractivity contribution in [2.75, 3.05) is 13.2 Å². The van der Waals surface area contributed by atoms with Crippen LogP contribution in [0.2, 0.25) is 0 Å². The average Bonchev–Trinajstić information content (AvgIpc) is 3.12. The van der Waals surface area contributed by atoms with E-state index in [9.17, 15) is 0 Å². The minimum Gasteiger partial charge on any atom is -0.493 e. The Morgan fingerprint density at radius 3 is 2.96 bits per heavy atom. The number of fused-ring (bicyclic) bond motifs is 2. The van der Waals surface area contributed by atoms with Gasteiger partial charge in [0, 0.05) is 41.2 Å². The highest BCUT2D eigenvalue weighted by Crippen LogP contribution is 2.32. The average molecular weight is 306 g/mol. The predicted molar refractivity (Wildman–Crippen MR) is 94.2 cm³/mol. The van der Waals surface area contributed by atoms with Gasteiger partial charge in [-0.05, 0) is 43.2 Å². The Hall–Kier alpha value is -2.26. The summed E-state index contributed by atoms with van der Waals surface area (Å²) in [6.07, 6.45) is 0. The van der Waals surface area contributed by atoms with Crippen molar-refractivity contribution in [3.63, 3.8) is 0 Å². The van der Waals surface area contributed by atoms with Crippen LogP contribution in [0.3, 0.4) is 0 Å². The van der Waals surface area contributed by atoms with Crippen molar-refractivity contribution in [3.8, 4) is 5.75 Å². The summed E-state index contributed by atoms with van der Waals surface area (Å²) >= 11 is 0. The lowest BCUT2D eigenvalue weighted by Crippen LogP contribution is -2.22. The zero-order chi connectivity index (χ0) is 15.8. The lowest BCUT2D eigenvalue weighted by atomic mass is 10.0. The number of ether oxygens (including phenoxy) is 1. The van der Waals surface area contributed by atoms with Crippen LogP contribution in [0.25, 0.3) is 10.9 Å². The first kappa shape index (κ1) is 14.3. The molecule has 0 saturated carbocycles. The molecule has 3 aromatic rings. The molecule has 1 aromatic heterocycles. The molecule has 1 aliphatic heterocycles. The van der Waals surface area contributed by atoms with E-state index in [-0.39, 0.29) is 0 Å². The number of para-hydroxylation sites is 1. The van der Waals surface area contributed by atoms with Gasteiger partial charge in [-0.25, -0.2) is 0 Å². The SMILES string of the molecule is Cc1cc(C)c2cc(CNCC3COc4ccccc43)[nH]c2c1. The van der Waals surface area contributed by atoms with E-state index >= 15 is 0 Å². The molecule has 118 valence electrons. The number of H-pyrrole nitrogens is 1. The number of aryl methyl sites for hydroxylation is 2. The Morgan fingerprint density at radius 1 is 1.17 bits per heavy atom. The number of rotatable bonds is 4. The smallest absolute Gasteiger partial charge is 0.122 e. The maximum atomic E-state index is 5.74. The third-order valence-electron chi connectivity index (χ3n) is 4.65.